The summed E-state index contributed by atoms with van der Waals surface area (Å²) < 4.78 is 65.4. The Balaban J connectivity index is 1.15. The van der Waals surface area contributed by atoms with Crippen molar-refractivity contribution in [1.29, 1.82) is 0 Å². The highest BCUT2D eigenvalue weighted by atomic mass is 32.2. The van der Waals surface area contributed by atoms with E-state index in [0.29, 0.717) is 34.6 Å². The number of carbonyl (C=O) groups excluding carboxylic acids is 1. The van der Waals surface area contributed by atoms with Crippen LogP contribution in [0.2, 0.25) is 0 Å². The molecule has 3 aromatic heterocycles. The molecule has 0 aliphatic heterocycles. The van der Waals surface area contributed by atoms with Gasteiger partial charge in [0, 0.05) is 50.8 Å². The number of pyridine rings is 1. The number of sulfonamides is 1. The number of nitrogens with one attached hydrogen (secondary N) is 2. The molecular formula is C36H29F2N7O8S. The Labute approximate surface area is 304 Å². The van der Waals surface area contributed by atoms with Crippen LogP contribution in [-0.2, 0) is 39.6 Å². The molecule has 0 unspecified atom stereocenters. The van der Waals surface area contributed by atoms with E-state index in [9.17, 15) is 32.7 Å². The molecule has 6 aromatic rings. The number of amides is 1. The highest BCUT2D eigenvalue weighted by molar-refractivity contribution is 7.92. The number of methoxy groups -OCH3 is 1. The van der Waals surface area contributed by atoms with Crippen LogP contribution in [0.4, 0.5) is 14.5 Å². The SMILES string of the molecule is COCc1ncc(-c2ccc(S(=O)(=O)Nc3cc(F)c(C(=O)N[C@@H](Cc4ccc(-n5c(=O)c6ccccc6n(C)c5=O)nc4)C(=O)O)cc3F)cc2)cn1. The van der Waals surface area contributed by atoms with Crippen LogP contribution in [0.25, 0.3) is 27.8 Å². The second-order valence-electron chi connectivity index (χ2n) is 11.9. The first kappa shape index (κ1) is 37.1. The number of halogens is 2. The van der Waals surface area contributed by atoms with Gasteiger partial charge in [0.2, 0.25) is 0 Å². The summed E-state index contributed by atoms with van der Waals surface area (Å²) in [6.45, 7) is 0.216. The normalized spacial score (nSPS) is 12.0. The summed E-state index contributed by atoms with van der Waals surface area (Å²) in [5, 5.41) is 12.2. The number of rotatable bonds is 12. The number of nitrogens with zero attached hydrogens (tertiary/aromatic N) is 5. The Bertz CT molecular complexity index is 2630. The Morgan fingerprint density at radius 2 is 1.61 bits per heavy atom. The van der Waals surface area contributed by atoms with Crippen molar-refractivity contribution in [2.24, 2.45) is 7.05 Å². The fourth-order valence-electron chi connectivity index (χ4n) is 5.49. The number of aliphatic carboxylic acids is 1. The fraction of sp³-hybridized carbons (Fsp3) is 0.139. The van der Waals surface area contributed by atoms with Gasteiger partial charge in [-0.1, -0.05) is 30.3 Å². The standard InChI is InChI=1S/C36H29F2N7O8S/c1-44-30-6-4-3-5-24(30)34(47)45(36(44)50)32-12-7-20(16-41-32)13-29(35(48)49)42-33(46)25-14-27(38)28(15-26(25)37)43-54(51,52)23-10-8-21(9-11-23)22-17-39-31(19-53-2)40-18-22/h3-12,14-18,29,43H,13,19H2,1-2H3,(H,42,46)(H,48,49)/t29-/m0/s1. The Hall–Kier alpha value is -6.66. The number of ether oxygens (including phenoxy) is 1. The average Bonchev–Trinajstić information content (AvgIpc) is 3.16. The molecule has 3 heterocycles. The predicted octanol–water partition coefficient (Wildman–Crippen LogP) is 3.19. The number of aromatic nitrogens is 5. The third-order valence-corrected chi connectivity index (χ3v) is 9.66. The first-order chi connectivity index (χ1) is 25.8. The number of anilines is 1. The van der Waals surface area contributed by atoms with Crippen LogP contribution in [0, 0.1) is 11.6 Å². The molecule has 276 valence electrons. The van der Waals surface area contributed by atoms with Gasteiger partial charge in [-0.2, -0.15) is 0 Å². The smallest absolute Gasteiger partial charge is 0.337 e. The van der Waals surface area contributed by atoms with Crippen LogP contribution in [0.5, 0.6) is 0 Å². The van der Waals surface area contributed by atoms with Gasteiger partial charge in [0.15, 0.2) is 5.82 Å². The van der Waals surface area contributed by atoms with Crippen molar-refractivity contribution >= 4 is 38.5 Å². The zero-order valence-corrected chi connectivity index (χ0v) is 29.2. The number of aryl methyl sites for hydroxylation is 1. The van der Waals surface area contributed by atoms with Crippen molar-refractivity contribution in [2.45, 2.75) is 24.0 Å². The van der Waals surface area contributed by atoms with E-state index in [0.717, 1.165) is 4.57 Å². The van der Waals surface area contributed by atoms with Gasteiger partial charge in [0.25, 0.3) is 21.5 Å². The van der Waals surface area contributed by atoms with Crippen LogP contribution in [0.1, 0.15) is 21.7 Å². The van der Waals surface area contributed by atoms with E-state index in [-0.39, 0.29) is 34.7 Å². The lowest BCUT2D eigenvalue weighted by molar-refractivity contribution is -0.139. The molecule has 0 radical (unpaired) electrons. The molecule has 54 heavy (non-hydrogen) atoms. The van der Waals surface area contributed by atoms with Gasteiger partial charge < -0.3 is 15.2 Å². The number of benzene rings is 3. The molecule has 1 amide bonds. The summed E-state index contributed by atoms with van der Waals surface area (Å²) in [7, 11) is -1.43. The minimum atomic E-state index is -4.43. The second kappa shape index (κ2) is 15.1. The fourth-order valence-corrected chi connectivity index (χ4v) is 6.55. The number of fused-ring (bicyclic) bond motifs is 1. The molecule has 0 spiro atoms. The number of carboxylic acid groups (broad SMARTS) is 1. The van der Waals surface area contributed by atoms with Gasteiger partial charge in [-0.25, -0.2) is 46.3 Å². The summed E-state index contributed by atoms with van der Waals surface area (Å²) in [5.41, 5.74) is -1.08. The minimum Gasteiger partial charge on any atom is -0.480 e. The largest absolute Gasteiger partial charge is 0.480 e. The molecule has 0 aliphatic carbocycles. The van der Waals surface area contributed by atoms with Crippen LogP contribution in [0.15, 0.2) is 106 Å². The first-order valence-corrected chi connectivity index (χ1v) is 17.4. The van der Waals surface area contributed by atoms with E-state index in [4.69, 9.17) is 4.74 Å². The lowest BCUT2D eigenvalue weighted by Gasteiger charge is -2.16. The van der Waals surface area contributed by atoms with Crippen molar-refractivity contribution < 1.29 is 36.6 Å². The summed E-state index contributed by atoms with van der Waals surface area (Å²) >= 11 is 0. The van der Waals surface area contributed by atoms with E-state index in [1.165, 1.54) is 73.7 Å². The highest BCUT2D eigenvalue weighted by Gasteiger charge is 2.26. The Morgan fingerprint density at radius 1 is 0.907 bits per heavy atom. The quantitative estimate of drug-likeness (QED) is 0.165. The molecule has 3 N–H and O–H groups in total. The van der Waals surface area contributed by atoms with Gasteiger partial charge in [-0.05, 0) is 47.5 Å². The lowest BCUT2D eigenvalue weighted by atomic mass is 10.1. The number of carboxylic acids is 1. The average molecular weight is 758 g/mol. The zero-order valence-electron chi connectivity index (χ0n) is 28.4. The van der Waals surface area contributed by atoms with E-state index >= 15 is 8.78 Å². The maximum absolute atomic E-state index is 15.2. The maximum Gasteiger partial charge on any atom is 0.337 e. The molecule has 18 heteroatoms. The monoisotopic (exact) mass is 757 g/mol. The predicted molar refractivity (Wildman–Crippen MR) is 191 cm³/mol. The maximum atomic E-state index is 15.2. The Morgan fingerprint density at radius 3 is 2.26 bits per heavy atom. The third-order valence-electron chi connectivity index (χ3n) is 8.28. The van der Waals surface area contributed by atoms with E-state index in [1.54, 1.807) is 24.3 Å². The molecule has 6 rings (SSSR count). The van der Waals surface area contributed by atoms with Crippen molar-refractivity contribution in [3.8, 4) is 16.9 Å². The van der Waals surface area contributed by atoms with Crippen molar-refractivity contribution in [3.05, 3.63) is 141 Å². The lowest BCUT2D eigenvalue weighted by Crippen LogP contribution is -2.42. The second-order valence-corrected chi connectivity index (χ2v) is 13.5. The number of para-hydroxylation sites is 1. The van der Waals surface area contributed by atoms with E-state index < -0.39 is 62.1 Å². The molecule has 0 saturated heterocycles. The van der Waals surface area contributed by atoms with Crippen molar-refractivity contribution in [1.82, 2.24) is 29.4 Å². The zero-order chi connectivity index (χ0) is 38.7. The summed E-state index contributed by atoms with van der Waals surface area (Å²) in [4.78, 5) is 63.3. The topological polar surface area (TPSA) is 204 Å². The van der Waals surface area contributed by atoms with Gasteiger partial charge >= 0.3 is 11.7 Å². The van der Waals surface area contributed by atoms with Gasteiger partial charge in [0.1, 0.15) is 30.1 Å². The molecular weight excluding hydrogens is 729 g/mol. The molecule has 15 nitrogen and oxygen atoms in total. The number of hydrogen-bond donors (Lipinski definition) is 3. The summed E-state index contributed by atoms with van der Waals surface area (Å²) in [6.07, 6.45) is 3.91. The van der Waals surface area contributed by atoms with Gasteiger partial charge in [0.05, 0.1) is 27.0 Å². The molecule has 0 fully saturated rings. The van der Waals surface area contributed by atoms with Crippen LogP contribution in [-0.4, -0.2) is 62.6 Å². The first-order valence-electron chi connectivity index (χ1n) is 15.9. The Kier molecular flexibility index (Phi) is 10.4. The highest BCUT2D eigenvalue weighted by Crippen LogP contribution is 2.25. The minimum absolute atomic E-state index is 0.0318. The van der Waals surface area contributed by atoms with Crippen LogP contribution < -0.4 is 21.3 Å². The summed E-state index contributed by atoms with van der Waals surface area (Å²) in [5.74, 6) is -5.03. The third kappa shape index (κ3) is 7.59. The molecule has 0 bridgehead atoms. The molecule has 0 saturated carbocycles. The molecule has 3 aromatic carbocycles. The van der Waals surface area contributed by atoms with Crippen molar-refractivity contribution in [3.63, 3.8) is 0 Å². The van der Waals surface area contributed by atoms with Crippen LogP contribution >= 0.6 is 0 Å². The summed E-state index contributed by atoms with van der Waals surface area (Å²) in [6, 6.07) is 13.9. The number of carbonyl (C=O) groups is 2. The molecule has 0 aliphatic rings. The van der Waals surface area contributed by atoms with Gasteiger partial charge in [-0.15, -0.1) is 0 Å². The van der Waals surface area contributed by atoms with Crippen LogP contribution in [0.3, 0.4) is 0 Å². The molecule has 1 atom stereocenters. The van der Waals surface area contributed by atoms with E-state index in [1.807, 2.05) is 4.72 Å². The van der Waals surface area contributed by atoms with Crippen molar-refractivity contribution in [2.75, 3.05) is 11.8 Å². The van der Waals surface area contributed by atoms with E-state index in [2.05, 4.69) is 20.3 Å². The van der Waals surface area contributed by atoms with Gasteiger partial charge in [-0.3, -0.25) is 18.9 Å². The number of hydrogen-bond acceptors (Lipinski definition) is 10.